The van der Waals surface area contributed by atoms with Crippen molar-refractivity contribution in [3.8, 4) is 5.75 Å². The van der Waals surface area contributed by atoms with Crippen molar-refractivity contribution < 1.29 is 19.1 Å². The summed E-state index contributed by atoms with van der Waals surface area (Å²) in [7, 11) is 1.47. The van der Waals surface area contributed by atoms with E-state index in [0.717, 1.165) is 0 Å². The van der Waals surface area contributed by atoms with Crippen molar-refractivity contribution in [1.29, 1.82) is 0 Å². The standard InChI is InChI=1S/C19H20ClN3O4/c1-12(24)23-15-6-3-13(4-7-15)18(25)21-9-10-22-19(26)16-11-14(20)5-8-17(16)27-2/h3-8,11H,9-10H2,1-2H3,(H,21,25)(H,22,26)(H,23,24). The van der Waals surface area contributed by atoms with Crippen LogP contribution < -0.4 is 20.7 Å². The zero-order valence-corrected chi connectivity index (χ0v) is 15.7. The first kappa shape index (κ1) is 20.3. The molecule has 3 N–H and O–H groups in total. The van der Waals surface area contributed by atoms with Gasteiger partial charge in [0.25, 0.3) is 11.8 Å². The Bertz CT molecular complexity index is 837. The molecule has 0 fully saturated rings. The zero-order chi connectivity index (χ0) is 19.8. The van der Waals surface area contributed by atoms with Crippen LogP contribution in [0.5, 0.6) is 5.75 Å². The summed E-state index contributed by atoms with van der Waals surface area (Å²) < 4.78 is 5.14. The van der Waals surface area contributed by atoms with E-state index in [-0.39, 0.29) is 30.8 Å². The molecule has 0 aliphatic heterocycles. The number of halogens is 1. The quantitative estimate of drug-likeness (QED) is 0.634. The van der Waals surface area contributed by atoms with Gasteiger partial charge in [-0.15, -0.1) is 0 Å². The molecule has 142 valence electrons. The van der Waals surface area contributed by atoms with Gasteiger partial charge in [0.2, 0.25) is 5.91 Å². The van der Waals surface area contributed by atoms with Gasteiger partial charge >= 0.3 is 0 Å². The van der Waals surface area contributed by atoms with Crippen molar-refractivity contribution in [2.75, 3.05) is 25.5 Å². The Balaban J connectivity index is 1.82. The molecule has 3 amide bonds. The smallest absolute Gasteiger partial charge is 0.255 e. The SMILES string of the molecule is COc1ccc(Cl)cc1C(=O)NCCNC(=O)c1ccc(NC(C)=O)cc1. The number of hydrogen-bond donors (Lipinski definition) is 3. The van der Waals surface area contributed by atoms with Crippen molar-refractivity contribution in [3.05, 3.63) is 58.6 Å². The van der Waals surface area contributed by atoms with Crippen LogP contribution in [0.1, 0.15) is 27.6 Å². The number of rotatable bonds is 7. The van der Waals surface area contributed by atoms with Gasteiger partial charge in [0.1, 0.15) is 5.75 Å². The largest absolute Gasteiger partial charge is 0.496 e. The van der Waals surface area contributed by atoms with E-state index in [1.807, 2.05) is 0 Å². The van der Waals surface area contributed by atoms with Crippen molar-refractivity contribution in [3.63, 3.8) is 0 Å². The first-order valence-electron chi connectivity index (χ1n) is 8.18. The molecule has 0 aliphatic rings. The molecule has 0 radical (unpaired) electrons. The van der Waals surface area contributed by atoms with Gasteiger partial charge in [0, 0.05) is 36.3 Å². The third-order valence-corrected chi connectivity index (χ3v) is 3.80. The Kier molecular flexibility index (Phi) is 7.19. The summed E-state index contributed by atoms with van der Waals surface area (Å²) >= 11 is 5.91. The molecular formula is C19H20ClN3O4. The van der Waals surface area contributed by atoms with Gasteiger partial charge in [0.05, 0.1) is 12.7 Å². The van der Waals surface area contributed by atoms with Crippen LogP contribution in [0.25, 0.3) is 0 Å². The molecule has 0 atom stereocenters. The molecule has 0 bridgehead atoms. The predicted molar refractivity (Wildman–Crippen MR) is 103 cm³/mol. The van der Waals surface area contributed by atoms with Crippen LogP contribution in [0.3, 0.4) is 0 Å². The number of carbonyl (C=O) groups is 3. The van der Waals surface area contributed by atoms with E-state index in [2.05, 4.69) is 16.0 Å². The van der Waals surface area contributed by atoms with Gasteiger partial charge in [-0.25, -0.2) is 0 Å². The third-order valence-electron chi connectivity index (χ3n) is 3.57. The highest BCUT2D eigenvalue weighted by Gasteiger charge is 2.12. The summed E-state index contributed by atoms with van der Waals surface area (Å²) in [4.78, 5) is 35.3. The van der Waals surface area contributed by atoms with E-state index in [1.54, 1.807) is 36.4 Å². The Morgan fingerprint density at radius 2 is 1.59 bits per heavy atom. The van der Waals surface area contributed by atoms with Crippen LogP contribution in [0.2, 0.25) is 5.02 Å². The molecule has 0 saturated heterocycles. The van der Waals surface area contributed by atoms with Gasteiger partial charge in [-0.2, -0.15) is 0 Å². The summed E-state index contributed by atoms with van der Waals surface area (Å²) in [5.74, 6) is -0.387. The minimum atomic E-state index is -0.344. The van der Waals surface area contributed by atoms with Crippen LogP contribution in [-0.2, 0) is 4.79 Å². The molecule has 0 saturated carbocycles. The first-order chi connectivity index (χ1) is 12.9. The minimum Gasteiger partial charge on any atom is -0.496 e. The normalized spacial score (nSPS) is 10.0. The maximum Gasteiger partial charge on any atom is 0.255 e. The Labute approximate surface area is 162 Å². The summed E-state index contributed by atoms with van der Waals surface area (Å²) in [6.07, 6.45) is 0. The van der Waals surface area contributed by atoms with E-state index in [0.29, 0.717) is 27.6 Å². The van der Waals surface area contributed by atoms with Gasteiger partial charge in [0.15, 0.2) is 0 Å². The molecule has 8 heteroatoms. The third kappa shape index (κ3) is 6.00. The van der Waals surface area contributed by atoms with Crippen molar-refractivity contribution in [2.24, 2.45) is 0 Å². The molecule has 2 aromatic carbocycles. The van der Waals surface area contributed by atoms with Crippen molar-refractivity contribution in [1.82, 2.24) is 10.6 Å². The topological polar surface area (TPSA) is 96.5 Å². The van der Waals surface area contributed by atoms with E-state index in [4.69, 9.17) is 16.3 Å². The summed E-state index contributed by atoms with van der Waals surface area (Å²) in [6.45, 7) is 1.90. The number of benzene rings is 2. The highest BCUT2D eigenvalue weighted by Crippen LogP contribution is 2.22. The highest BCUT2D eigenvalue weighted by molar-refractivity contribution is 6.31. The molecule has 0 unspecified atom stereocenters. The van der Waals surface area contributed by atoms with E-state index >= 15 is 0 Å². The predicted octanol–water partition coefficient (Wildman–Crippen LogP) is 2.47. The van der Waals surface area contributed by atoms with E-state index in [9.17, 15) is 14.4 Å². The average Bonchev–Trinajstić information content (AvgIpc) is 2.65. The lowest BCUT2D eigenvalue weighted by Crippen LogP contribution is -2.34. The first-order valence-corrected chi connectivity index (χ1v) is 8.56. The van der Waals surface area contributed by atoms with Gasteiger partial charge in [-0.3, -0.25) is 14.4 Å². The maximum atomic E-state index is 12.2. The second kappa shape index (κ2) is 9.59. The molecule has 7 nitrogen and oxygen atoms in total. The number of ether oxygens (including phenoxy) is 1. The van der Waals surface area contributed by atoms with Crippen molar-refractivity contribution >= 4 is 35.0 Å². The number of carbonyl (C=O) groups excluding carboxylic acids is 3. The molecular weight excluding hydrogens is 370 g/mol. The van der Waals surface area contributed by atoms with Gasteiger partial charge in [-0.05, 0) is 42.5 Å². The van der Waals surface area contributed by atoms with Crippen LogP contribution in [0.15, 0.2) is 42.5 Å². The molecule has 0 heterocycles. The fourth-order valence-corrected chi connectivity index (χ4v) is 2.49. The second-order valence-electron chi connectivity index (χ2n) is 5.61. The number of amides is 3. The van der Waals surface area contributed by atoms with Crippen molar-refractivity contribution in [2.45, 2.75) is 6.92 Å². The fourth-order valence-electron chi connectivity index (χ4n) is 2.32. The lowest BCUT2D eigenvalue weighted by molar-refractivity contribution is -0.114. The van der Waals surface area contributed by atoms with Crippen LogP contribution in [0, 0.1) is 0 Å². The highest BCUT2D eigenvalue weighted by atomic mass is 35.5. The van der Waals surface area contributed by atoms with E-state index in [1.165, 1.54) is 20.1 Å². The molecule has 27 heavy (non-hydrogen) atoms. The molecule has 0 aromatic heterocycles. The molecule has 2 rings (SSSR count). The minimum absolute atomic E-state index is 0.181. The van der Waals surface area contributed by atoms with Crippen LogP contribution in [-0.4, -0.2) is 37.9 Å². The molecule has 0 aliphatic carbocycles. The number of nitrogens with one attached hydrogen (secondary N) is 3. The Hall–Kier alpha value is -3.06. The molecule has 0 spiro atoms. The fraction of sp³-hybridized carbons (Fsp3) is 0.211. The Morgan fingerprint density at radius 1 is 0.963 bits per heavy atom. The second-order valence-corrected chi connectivity index (χ2v) is 6.05. The lowest BCUT2D eigenvalue weighted by Gasteiger charge is -2.10. The molecule has 2 aromatic rings. The number of hydrogen-bond acceptors (Lipinski definition) is 4. The summed E-state index contributed by atoms with van der Waals surface area (Å²) in [6, 6.07) is 11.3. The maximum absolute atomic E-state index is 12.2. The average molecular weight is 390 g/mol. The lowest BCUT2D eigenvalue weighted by atomic mass is 10.2. The number of anilines is 1. The van der Waals surface area contributed by atoms with Gasteiger partial charge in [-0.1, -0.05) is 11.6 Å². The van der Waals surface area contributed by atoms with Gasteiger partial charge < -0.3 is 20.7 Å². The van der Waals surface area contributed by atoms with Crippen LogP contribution >= 0.6 is 11.6 Å². The summed E-state index contributed by atoms with van der Waals surface area (Å²) in [5, 5.41) is 8.46. The van der Waals surface area contributed by atoms with Crippen LogP contribution in [0.4, 0.5) is 5.69 Å². The Morgan fingerprint density at radius 3 is 2.19 bits per heavy atom. The van der Waals surface area contributed by atoms with E-state index < -0.39 is 0 Å². The monoisotopic (exact) mass is 389 g/mol. The zero-order valence-electron chi connectivity index (χ0n) is 15.0. The number of methoxy groups -OCH3 is 1. The summed E-state index contributed by atoms with van der Waals surface area (Å²) in [5.41, 5.74) is 1.39.